The highest BCUT2D eigenvalue weighted by Gasteiger charge is 2.13. The molecule has 0 unspecified atom stereocenters. The van der Waals surface area contributed by atoms with Crippen LogP contribution in [0.3, 0.4) is 0 Å². The van der Waals surface area contributed by atoms with Gasteiger partial charge in [0.25, 0.3) is 0 Å². The van der Waals surface area contributed by atoms with Gasteiger partial charge in [0.05, 0.1) is 35.0 Å². The third-order valence-electron chi connectivity index (χ3n) is 4.08. The van der Waals surface area contributed by atoms with Crippen LogP contribution in [0, 0.1) is 0 Å². The lowest BCUT2D eigenvalue weighted by Crippen LogP contribution is -2.36. The van der Waals surface area contributed by atoms with Crippen LogP contribution in [0.1, 0.15) is 18.1 Å². The molecular weight excluding hydrogens is 485 g/mol. The summed E-state index contributed by atoms with van der Waals surface area (Å²) in [4.78, 5) is 4.66. The summed E-state index contributed by atoms with van der Waals surface area (Å²) in [7, 11) is 6.45. The SMILES string of the molecule is CCNC(=NCc1cc(OC)c(OC)c(OC)c1)NCc1cccc(OC)c1.I. The zero-order chi connectivity index (χ0) is 20.4. The summed E-state index contributed by atoms with van der Waals surface area (Å²) in [5.41, 5.74) is 2.06. The fraction of sp³-hybridized carbons (Fsp3) is 0.381. The van der Waals surface area contributed by atoms with Crippen molar-refractivity contribution in [2.24, 2.45) is 4.99 Å². The molecule has 0 amide bonds. The third-order valence-corrected chi connectivity index (χ3v) is 4.08. The Hall–Kier alpha value is -2.36. The molecule has 0 aromatic heterocycles. The summed E-state index contributed by atoms with van der Waals surface area (Å²) in [5, 5.41) is 6.59. The van der Waals surface area contributed by atoms with E-state index in [-0.39, 0.29) is 24.0 Å². The quantitative estimate of drug-likeness (QED) is 0.302. The molecule has 0 spiro atoms. The van der Waals surface area contributed by atoms with Crippen LogP contribution in [0.25, 0.3) is 0 Å². The van der Waals surface area contributed by atoms with Crippen molar-refractivity contribution in [3.63, 3.8) is 0 Å². The molecule has 0 saturated carbocycles. The van der Waals surface area contributed by atoms with E-state index in [0.29, 0.717) is 30.3 Å². The summed E-state index contributed by atoms with van der Waals surface area (Å²) >= 11 is 0. The van der Waals surface area contributed by atoms with Gasteiger partial charge in [0.2, 0.25) is 5.75 Å². The van der Waals surface area contributed by atoms with E-state index in [1.807, 2.05) is 43.3 Å². The molecule has 0 aliphatic heterocycles. The number of benzene rings is 2. The van der Waals surface area contributed by atoms with Gasteiger partial charge in [-0.3, -0.25) is 0 Å². The van der Waals surface area contributed by atoms with Crippen LogP contribution in [-0.2, 0) is 13.1 Å². The van der Waals surface area contributed by atoms with E-state index in [9.17, 15) is 0 Å². The summed E-state index contributed by atoms with van der Waals surface area (Å²) < 4.78 is 21.4. The number of methoxy groups -OCH3 is 4. The lowest BCUT2D eigenvalue weighted by molar-refractivity contribution is 0.324. The standard InChI is InChI=1S/C21H29N3O4.HI/c1-6-22-21(23-13-15-8-7-9-17(10-15)25-2)24-14-16-11-18(26-3)20(28-5)19(12-16)27-4;/h7-12H,6,13-14H2,1-5H3,(H2,22,23,24);1H. The Balaban J connectivity index is 0.00000420. The molecule has 2 aromatic rings. The Kier molecular flexibility index (Phi) is 11.0. The molecule has 29 heavy (non-hydrogen) atoms. The smallest absolute Gasteiger partial charge is 0.203 e. The molecule has 2 aromatic carbocycles. The normalized spacial score (nSPS) is 10.6. The molecule has 0 radical (unpaired) electrons. The first kappa shape index (κ1) is 24.7. The Morgan fingerprint density at radius 3 is 2.10 bits per heavy atom. The van der Waals surface area contributed by atoms with Gasteiger partial charge in [-0.25, -0.2) is 4.99 Å². The molecule has 2 rings (SSSR count). The highest BCUT2D eigenvalue weighted by atomic mass is 127. The third kappa shape index (κ3) is 7.19. The topological polar surface area (TPSA) is 73.3 Å². The van der Waals surface area contributed by atoms with Gasteiger partial charge in [-0.1, -0.05) is 12.1 Å². The van der Waals surface area contributed by atoms with Crippen LogP contribution in [0.5, 0.6) is 23.0 Å². The van der Waals surface area contributed by atoms with Crippen LogP contribution in [0.4, 0.5) is 0 Å². The molecule has 7 nitrogen and oxygen atoms in total. The number of hydrogen-bond acceptors (Lipinski definition) is 5. The Bertz CT molecular complexity index is 774. The molecule has 0 saturated heterocycles. The second kappa shape index (κ2) is 13.0. The predicted octanol–water partition coefficient (Wildman–Crippen LogP) is 3.59. The summed E-state index contributed by atoms with van der Waals surface area (Å²) in [6.45, 7) is 3.89. The number of hydrogen-bond donors (Lipinski definition) is 2. The first-order valence-corrected chi connectivity index (χ1v) is 9.09. The maximum absolute atomic E-state index is 5.40. The fourth-order valence-electron chi connectivity index (χ4n) is 2.71. The number of nitrogens with zero attached hydrogens (tertiary/aromatic N) is 1. The lowest BCUT2D eigenvalue weighted by Gasteiger charge is -2.14. The summed E-state index contributed by atoms with van der Waals surface area (Å²) in [5.74, 6) is 3.35. The van der Waals surface area contributed by atoms with Crippen LogP contribution in [0.15, 0.2) is 41.4 Å². The van der Waals surface area contributed by atoms with Crippen molar-refractivity contribution in [2.75, 3.05) is 35.0 Å². The van der Waals surface area contributed by atoms with E-state index in [4.69, 9.17) is 18.9 Å². The molecular formula is C21H30IN3O4. The van der Waals surface area contributed by atoms with Gasteiger partial charge >= 0.3 is 0 Å². The number of rotatable bonds is 9. The van der Waals surface area contributed by atoms with Crippen molar-refractivity contribution in [1.82, 2.24) is 10.6 Å². The zero-order valence-corrected chi connectivity index (χ0v) is 19.9. The molecule has 0 fully saturated rings. The highest BCUT2D eigenvalue weighted by Crippen LogP contribution is 2.38. The van der Waals surface area contributed by atoms with Gasteiger partial charge < -0.3 is 29.6 Å². The molecule has 0 bridgehead atoms. The molecule has 2 N–H and O–H groups in total. The second-order valence-corrected chi connectivity index (χ2v) is 5.93. The van der Waals surface area contributed by atoms with Crippen LogP contribution in [0.2, 0.25) is 0 Å². The predicted molar refractivity (Wildman–Crippen MR) is 126 cm³/mol. The molecule has 8 heteroatoms. The van der Waals surface area contributed by atoms with Crippen LogP contribution in [-0.4, -0.2) is 40.9 Å². The van der Waals surface area contributed by atoms with E-state index in [0.717, 1.165) is 29.4 Å². The maximum atomic E-state index is 5.40. The van der Waals surface area contributed by atoms with Gasteiger partial charge in [-0.2, -0.15) is 0 Å². The first-order chi connectivity index (χ1) is 13.6. The fourth-order valence-corrected chi connectivity index (χ4v) is 2.71. The van der Waals surface area contributed by atoms with Gasteiger partial charge in [0.1, 0.15) is 5.75 Å². The van der Waals surface area contributed by atoms with E-state index in [1.54, 1.807) is 28.4 Å². The van der Waals surface area contributed by atoms with Crippen molar-refractivity contribution in [1.29, 1.82) is 0 Å². The Morgan fingerprint density at radius 2 is 1.55 bits per heavy atom. The monoisotopic (exact) mass is 515 g/mol. The Morgan fingerprint density at radius 1 is 0.862 bits per heavy atom. The van der Waals surface area contributed by atoms with Gasteiger partial charge in [-0.15, -0.1) is 24.0 Å². The van der Waals surface area contributed by atoms with E-state index >= 15 is 0 Å². The van der Waals surface area contributed by atoms with Crippen molar-refractivity contribution in [3.8, 4) is 23.0 Å². The number of guanidine groups is 1. The molecule has 0 atom stereocenters. The van der Waals surface area contributed by atoms with Gasteiger partial charge in [0, 0.05) is 13.1 Å². The Labute approximate surface area is 189 Å². The highest BCUT2D eigenvalue weighted by molar-refractivity contribution is 14.0. The van der Waals surface area contributed by atoms with E-state index in [2.05, 4.69) is 15.6 Å². The first-order valence-electron chi connectivity index (χ1n) is 9.09. The average Bonchev–Trinajstić information content (AvgIpc) is 2.74. The molecule has 160 valence electrons. The number of nitrogens with one attached hydrogen (secondary N) is 2. The van der Waals surface area contributed by atoms with E-state index < -0.39 is 0 Å². The van der Waals surface area contributed by atoms with Crippen molar-refractivity contribution in [3.05, 3.63) is 47.5 Å². The minimum absolute atomic E-state index is 0. The van der Waals surface area contributed by atoms with Gasteiger partial charge in [-0.05, 0) is 42.3 Å². The van der Waals surface area contributed by atoms with Crippen LogP contribution >= 0.6 is 24.0 Å². The summed E-state index contributed by atoms with van der Waals surface area (Å²) in [6, 6.07) is 11.7. The molecule has 0 aliphatic rings. The van der Waals surface area contributed by atoms with Crippen LogP contribution < -0.4 is 29.6 Å². The second-order valence-electron chi connectivity index (χ2n) is 5.93. The summed E-state index contributed by atoms with van der Waals surface area (Å²) in [6.07, 6.45) is 0. The lowest BCUT2D eigenvalue weighted by atomic mass is 10.2. The minimum Gasteiger partial charge on any atom is -0.497 e. The minimum atomic E-state index is 0. The average molecular weight is 515 g/mol. The number of halogens is 1. The van der Waals surface area contributed by atoms with Crippen molar-refractivity contribution < 1.29 is 18.9 Å². The van der Waals surface area contributed by atoms with Gasteiger partial charge in [0.15, 0.2) is 17.5 Å². The molecule has 0 aliphatic carbocycles. The molecule has 0 heterocycles. The number of aliphatic imine (C=N–C) groups is 1. The van der Waals surface area contributed by atoms with E-state index in [1.165, 1.54) is 0 Å². The van der Waals surface area contributed by atoms with Crippen molar-refractivity contribution in [2.45, 2.75) is 20.0 Å². The van der Waals surface area contributed by atoms with Crippen molar-refractivity contribution >= 4 is 29.9 Å². The maximum Gasteiger partial charge on any atom is 0.203 e. The largest absolute Gasteiger partial charge is 0.497 e. The zero-order valence-electron chi connectivity index (χ0n) is 17.6. The number of ether oxygens (including phenoxy) is 4.